The van der Waals surface area contributed by atoms with Gasteiger partial charge in [-0.25, -0.2) is 13.6 Å². The molecule has 0 aromatic heterocycles. The quantitative estimate of drug-likeness (QED) is 0.889. The largest absolute Gasteiger partial charge is 0.484 e. The molecule has 0 radical (unpaired) electrons. The molecule has 0 bridgehead atoms. The number of ether oxygens (including phenoxy) is 1. The summed E-state index contributed by atoms with van der Waals surface area (Å²) in [5, 5.41) is 5.13. The Morgan fingerprint density at radius 2 is 2.10 bits per heavy atom. The summed E-state index contributed by atoms with van der Waals surface area (Å²) >= 11 is 0. The molecule has 20 heavy (non-hydrogen) atoms. The molecule has 7 heteroatoms. The number of nitrogens with zero attached hydrogens (tertiary/aromatic N) is 1. The maximum atomic E-state index is 12.1. The molecule has 0 saturated heterocycles. The van der Waals surface area contributed by atoms with E-state index in [0.29, 0.717) is 24.4 Å². The number of rotatable bonds is 2. The molecule has 110 valence electrons. The highest BCUT2D eigenvalue weighted by Gasteiger charge is 2.34. The summed E-state index contributed by atoms with van der Waals surface area (Å²) in [6, 6.07) is 4.30. The van der Waals surface area contributed by atoms with Crippen LogP contribution in [-0.2, 0) is 14.8 Å². The van der Waals surface area contributed by atoms with Gasteiger partial charge in [-0.1, -0.05) is 6.92 Å². The summed E-state index contributed by atoms with van der Waals surface area (Å²) in [7, 11) is -3.81. The summed E-state index contributed by atoms with van der Waals surface area (Å²) in [5.41, 5.74) is -0.0799. The van der Waals surface area contributed by atoms with Crippen molar-refractivity contribution in [1.82, 2.24) is 0 Å². The van der Waals surface area contributed by atoms with E-state index in [-0.39, 0.29) is 10.8 Å². The molecule has 2 N–H and O–H groups in total. The van der Waals surface area contributed by atoms with Crippen molar-refractivity contribution in [3.05, 3.63) is 18.2 Å². The van der Waals surface area contributed by atoms with Crippen molar-refractivity contribution < 1.29 is 17.9 Å². The van der Waals surface area contributed by atoms with Crippen LogP contribution in [0.5, 0.6) is 5.75 Å². The van der Waals surface area contributed by atoms with Crippen LogP contribution in [-0.4, -0.2) is 26.5 Å². The first-order chi connectivity index (χ1) is 9.14. The first kappa shape index (κ1) is 14.8. The third kappa shape index (κ3) is 2.78. The van der Waals surface area contributed by atoms with Crippen molar-refractivity contribution in [2.75, 3.05) is 11.4 Å². The maximum absolute atomic E-state index is 12.1. The number of amides is 1. The Balaban J connectivity index is 2.58. The first-order valence-corrected chi connectivity index (χ1v) is 7.85. The number of sulfonamides is 1. The van der Waals surface area contributed by atoms with Crippen LogP contribution in [0.2, 0.25) is 0 Å². The third-order valence-electron chi connectivity index (χ3n) is 3.08. The molecule has 1 heterocycles. The summed E-state index contributed by atoms with van der Waals surface area (Å²) in [4.78, 5) is 13.6. The highest BCUT2D eigenvalue weighted by atomic mass is 32.2. The van der Waals surface area contributed by atoms with E-state index >= 15 is 0 Å². The van der Waals surface area contributed by atoms with Crippen LogP contribution >= 0.6 is 0 Å². The van der Waals surface area contributed by atoms with Crippen molar-refractivity contribution in [2.24, 2.45) is 5.14 Å². The number of carbonyl (C=O) groups excluding carboxylic acids is 1. The van der Waals surface area contributed by atoms with Crippen molar-refractivity contribution in [3.63, 3.8) is 0 Å². The topological polar surface area (TPSA) is 89.7 Å². The molecule has 1 aromatic carbocycles. The van der Waals surface area contributed by atoms with Crippen LogP contribution in [0.4, 0.5) is 5.69 Å². The predicted octanol–water partition coefficient (Wildman–Crippen LogP) is 1.25. The molecular formula is C13H18N2O4S. The van der Waals surface area contributed by atoms with E-state index in [0.717, 1.165) is 0 Å². The Bertz CT molecular complexity index is 652. The van der Waals surface area contributed by atoms with Crippen LogP contribution in [0.1, 0.15) is 27.2 Å². The van der Waals surface area contributed by atoms with Crippen LogP contribution in [0, 0.1) is 0 Å². The van der Waals surface area contributed by atoms with Crippen LogP contribution < -0.4 is 14.8 Å². The van der Waals surface area contributed by atoms with Crippen molar-refractivity contribution in [2.45, 2.75) is 37.7 Å². The van der Waals surface area contributed by atoms with Crippen molar-refractivity contribution in [3.8, 4) is 5.75 Å². The second-order valence-corrected chi connectivity index (χ2v) is 6.93. The fourth-order valence-corrected chi connectivity index (χ4v) is 2.71. The summed E-state index contributed by atoms with van der Waals surface area (Å²) < 4.78 is 28.6. The highest BCUT2D eigenvalue weighted by molar-refractivity contribution is 7.89. The lowest BCUT2D eigenvalue weighted by Crippen LogP contribution is -2.49. The number of fused-ring (bicyclic) bond motifs is 1. The zero-order valence-electron chi connectivity index (χ0n) is 11.7. The monoisotopic (exact) mass is 298 g/mol. The zero-order valence-corrected chi connectivity index (χ0v) is 12.5. The number of primary sulfonamides is 1. The average Bonchev–Trinajstić information content (AvgIpc) is 2.34. The third-order valence-corrected chi connectivity index (χ3v) is 3.99. The summed E-state index contributed by atoms with van der Waals surface area (Å²) in [6.45, 7) is 5.87. The molecule has 0 fully saturated rings. The molecule has 2 rings (SSSR count). The van der Waals surface area contributed by atoms with Gasteiger partial charge >= 0.3 is 0 Å². The van der Waals surface area contributed by atoms with Gasteiger partial charge in [0, 0.05) is 6.42 Å². The minimum atomic E-state index is -3.81. The van der Waals surface area contributed by atoms with Crippen LogP contribution in [0.15, 0.2) is 23.1 Å². The van der Waals surface area contributed by atoms with Gasteiger partial charge in [-0.15, -0.1) is 0 Å². The van der Waals surface area contributed by atoms with Gasteiger partial charge < -0.3 is 9.64 Å². The van der Waals surface area contributed by atoms with Gasteiger partial charge in [0.05, 0.1) is 17.1 Å². The SMILES string of the molecule is CCC(=O)N1CC(C)(C)Oc2ccc(S(N)(=O)=O)cc21. The minimum absolute atomic E-state index is 0.0338. The Labute approximate surface area is 118 Å². The fourth-order valence-electron chi connectivity index (χ4n) is 2.18. The predicted molar refractivity (Wildman–Crippen MR) is 75.2 cm³/mol. The smallest absolute Gasteiger partial charge is 0.238 e. The molecule has 1 aliphatic heterocycles. The standard InChI is InChI=1S/C13H18N2O4S/c1-4-12(16)15-8-13(2,3)19-11-6-5-9(7-10(11)15)20(14,17)18/h5-7H,4,8H2,1-3H3,(H2,14,17,18). The molecule has 1 aliphatic rings. The normalized spacial score (nSPS) is 17.3. The van der Waals surface area contributed by atoms with Crippen molar-refractivity contribution >= 4 is 21.6 Å². The minimum Gasteiger partial charge on any atom is -0.484 e. The second kappa shape index (κ2) is 4.75. The number of anilines is 1. The van der Waals surface area contributed by atoms with E-state index in [1.165, 1.54) is 18.2 Å². The fraction of sp³-hybridized carbons (Fsp3) is 0.462. The lowest BCUT2D eigenvalue weighted by atomic mass is 10.0. The number of hydrogen-bond acceptors (Lipinski definition) is 4. The number of hydrogen-bond donors (Lipinski definition) is 1. The van der Waals surface area contributed by atoms with Gasteiger partial charge in [-0.3, -0.25) is 4.79 Å². The van der Waals surface area contributed by atoms with E-state index in [1.807, 2.05) is 13.8 Å². The molecule has 0 saturated carbocycles. The van der Waals surface area contributed by atoms with E-state index in [2.05, 4.69) is 0 Å². The van der Waals surface area contributed by atoms with Gasteiger partial charge in [-0.05, 0) is 32.0 Å². The van der Waals surface area contributed by atoms with Gasteiger partial charge in [0.1, 0.15) is 11.4 Å². The Morgan fingerprint density at radius 1 is 1.45 bits per heavy atom. The van der Waals surface area contributed by atoms with E-state index in [1.54, 1.807) is 11.8 Å². The summed E-state index contributed by atoms with van der Waals surface area (Å²) in [5.74, 6) is 0.393. The van der Waals surface area contributed by atoms with Gasteiger partial charge in [0.15, 0.2) is 0 Å². The van der Waals surface area contributed by atoms with E-state index in [9.17, 15) is 13.2 Å². The number of benzene rings is 1. The molecule has 1 amide bonds. The van der Waals surface area contributed by atoms with Gasteiger partial charge in [0.2, 0.25) is 15.9 Å². The Morgan fingerprint density at radius 3 is 2.65 bits per heavy atom. The second-order valence-electron chi connectivity index (χ2n) is 5.37. The van der Waals surface area contributed by atoms with Crippen molar-refractivity contribution in [1.29, 1.82) is 0 Å². The average molecular weight is 298 g/mol. The van der Waals surface area contributed by atoms with E-state index in [4.69, 9.17) is 9.88 Å². The molecule has 0 aliphatic carbocycles. The first-order valence-electron chi connectivity index (χ1n) is 6.30. The lowest BCUT2D eigenvalue weighted by Gasteiger charge is -2.39. The highest BCUT2D eigenvalue weighted by Crippen LogP contribution is 2.38. The maximum Gasteiger partial charge on any atom is 0.238 e. The molecular weight excluding hydrogens is 280 g/mol. The van der Waals surface area contributed by atoms with E-state index < -0.39 is 15.6 Å². The Hall–Kier alpha value is -1.60. The van der Waals surface area contributed by atoms with Gasteiger partial charge in [-0.2, -0.15) is 0 Å². The molecule has 0 atom stereocenters. The van der Waals surface area contributed by atoms with Crippen LogP contribution in [0.25, 0.3) is 0 Å². The lowest BCUT2D eigenvalue weighted by molar-refractivity contribution is -0.119. The molecule has 1 aromatic rings. The molecule has 0 spiro atoms. The molecule has 0 unspecified atom stereocenters. The van der Waals surface area contributed by atoms with Crippen LogP contribution in [0.3, 0.4) is 0 Å². The Kier molecular flexibility index (Phi) is 3.51. The number of nitrogens with two attached hydrogens (primary N) is 1. The zero-order chi connectivity index (χ0) is 15.1. The summed E-state index contributed by atoms with van der Waals surface area (Å²) in [6.07, 6.45) is 0.328. The van der Waals surface area contributed by atoms with Gasteiger partial charge in [0.25, 0.3) is 0 Å². The number of carbonyl (C=O) groups is 1. The molecule has 6 nitrogen and oxygen atoms in total.